The number of guanidine groups is 1. The van der Waals surface area contributed by atoms with Gasteiger partial charge in [-0.2, -0.15) is 0 Å². The fraction of sp³-hybridized carbons (Fsp3) is 0.391. The van der Waals surface area contributed by atoms with Crippen LogP contribution in [0.3, 0.4) is 0 Å². The molecule has 0 fully saturated rings. The Kier molecular flexibility index (Phi) is 10.4. The lowest BCUT2D eigenvalue weighted by Crippen LogP contribution is -2.50. The molecule has 13 nitrogen and oxygen atoms in total. The molecule has 2 atom stereocenters. The van der Waals surface area contributed by atoms with Gasteiger partial charge in [0.2, 0.25) is 5.96 Å². The number of carbonyl (C=O) groups excluding carboxylic acids is 3. The molecule has 1 heterocycles. The summed E-state index contributed by atoms with van der Waals surface area (Å²) in [4.78, 5) is 35.2. The number of carbonyl (C=O) groups is 3. The highest BCUT2D eigenvalue weighted by Crippen LogP contribution is 2.24. The predicted molar refractivity (Wildman–Crippen MR) is 135 cm³/mol. The number of nitrogens with two attached hydrogens (primary N) is 3. The topological polar surface area (TPSA) is 208 Å². The van der Waals surface area contributed by atoms with Crippen molar-refractivity contribution in [2.24, 2.45) is 17.2 Å². The molecule has 37 heavy (non-hydrogen) atoms. The Balaban J connectivity index is 2.13. The molecular formula is C23H32ClN7O6. The van der Waals surface area contributed by atoms with Gasteiger partial charge in [0.15, 0.2) is 6.10 Å². The van der Waals surface area contributed by atoms with Gasteiger partial charge >= 0.3 is 11.9 Å². The van der Waals surface area contributed by atoms with Gasteiger partial charge in [0.05, 0.1) is 6.04 Å². The van der Waals surface area contributed by atoms with Crippen LogP contribution in [0.25, 0.3) is 0 Å². The molecule has 0 bridgehead atoms. The molecule has 0 saturated carbocycles. The maximum absolute atomic E-state index is 11.7. The van der Waals surface area contributed by atoms with Crippen molar-refractivity contribution in [1.29, 1.82) is 5.41 Å². The van der Waals surface area contributed by atoms with Crippen LogP contribution in [0.4, 0.5) is 0 Å². The van der Waals surface area contributed by atoms with Gasteiger partial charge in [-0.15, -0.1) is 0 Å². The van der Waals surface area contributed by atoms with Gasteiger partial charge in [0.25, 0.3) is 5.91 Å². The molecule has 0 spiro atoms. The highest BCUT2D eigenvalue weighted by atomic mass is 35.5. The van der Waals surface area contributed by atoms with E-state index in [0.29, 0.717) is 12.2 Å². The van der Waals surface area contributed by atoms with Gasteiger partial charge in [0.1, 0.15) is 41.5 Å². The van der Waals surface area contributed by atoms with Crippen molar-refractivity contribution in [1.82, 2.24) is 15.5 Å². The molecule has 14 heteroatoms. The fourth-order valence-electron chi connectivity index (χ4n) is 3.39. The maximum atomic E-state index is 11.7. The molecule has 1 aliphatic heterocycles. The number of hydrogen-bond donors (Lipinski definition) is 6. The van der Waals surface area contributed by atoms with Crippen molar-refractivity contribution in [2.75, 3.05) is 13.2 Å². The number of hydrogen-bond acceptors (Lipinski definition) is 10. The largest absolute Gasteiger partial charge is 0.490 e. The SMILES string of the molecule is CCCC(NC(=N)N1C(N)=C(Cl)NC(C(N)=O)=C1N)c1ccc(OCC(COC(C)=O)OC(C)=O)cc1. The van der Waals surface area contributed by atoms with E-state index in [1.807, 2.05) is 6.92 Å². The predicted octanol–water partition coefficient (Wildman–Crippen LogP) is 0.768. The van der Waals surface area contributed by atoms with E-state index in [9.17, 15) is 14.4 Å². The number of esters is 2. The molecular weight excluding hydrogens is 506 g/mol. The first-order chi connectivity index (χ1) is 17.4. The lowest BCUT2D eigenvalue weighted by Gasteiger charge is -2.33. The number of benzene rings is 1. The Hall–Kier alpha value is -4.13. The first-order valence-corrected chi connectivity index (χ1v) is 11.7. The van der Waals surface area contributed by atoms with E-state index in [1.54, 1.807) is 24.3 Å². The van der Waals surface area contributed by atoms with Crippen LogP contribution < -0.4 is 32.6 Å². The Morgan fingerprint density at radius 2 is 1.76 bits per heavy atom. The summed E-state index contributed by atoms with van der Waals surface area (Å²) in [5, 5.41) is 14.0. The Morgan fingerprint density at radius 3 is 2.30 bits per heavy atom. The molecule has 2 unspecified atom stereocenters. The van der Waals surface area contributed by atoms with Crippen LogP contribution in [0.5, 0.6) is 5.75 Å². The van der Waals surface area contributed by atoms with Crippen LogP contribution in [0.15, 0.2) is 46.8 Å². The van der Waals surface area contributed by atoms with Crippen molar-refractivity contribution in [2.45, 2.75) is 45.8 Å². The molecule has 0 radical (unpaired) electrons. The third-order valence-corrected chi connectivity index (χ3v) is 5.37. The number of nitrogens with one attached hydrogen (secondary N) is 3. The second-order valence-corrected chi connectivity index (χ2v) is 8.41. The van der Waals surface area contributed by atoms with Gasteiger partial charge < -0.3 is 42.0 Å². The third-order valence-electron chi connectivity index (χ3n) is 5.08. The smallest absolute Gasteiger partial charge is 0.303 e. The standard InChI is InChI=1S/C23H32ClN7O6/c1-4-5-17(29-23(28)31-20(25)18(22(27)34)30-19(24)21(31)26)14-6-8-15(9-7-14)36-11-16(37-13(3)33)10-35-12(2)32/h6-9,16-17,30H,4-5,10-11,25-26H2,1-3H3,(H2,27,34)(H2,28,29). The summed E-state index contributed by atoms with van der Waals surface area (Å²) in [6.07, 6.45) is 0.675. The average molecular weight is 538 g/mol. The van der Waals surface area contributed by atoms with Crippen LogP contribution in [0.1, 0.15) is 45.2 Å². The maximum Gasteiger partial charge on any atom is 0.303 e. The van der Waals surface area contributed by atoms with E-state index in [4.69, 9.17) is 48.4 Å². The van der Waals surface area contributed by atoms with E-state index >= 15 is 0 Å². The summed E-state index contributed by atoms with van der Waals surface area (Å²) in [7, 11) is 0. The van der Waals surface area contributed by atoms with Crippen molar-refractivity contribution in [3.05, 3.63) is 52.3 Å². The lowest BCUT2D eigenvalue weighted by atomic mass is 10.0. The van der Waals surface area contributed by atoms with Gasteiger partial charge in [-0.05, 0) is 24.1 Å². The van der Waals surface area contributed by atoms with Crippen LogP contribution in [-0.4, -0.2) is 48.0 Å². The number of ether oxygens (including phenoxy) is 3. The molecule has 9 N–H and O–H groups in total. The third kappa shape index (κ3) is 8.20. The second-order valence-electron chi connectivity index (χ2n) is 8.03. The highest BCUT2D eigenvalue weighted by molar-refractivity contribution is 6.30. The number of amides is 1. The van der Waals surface area contributed by atoms with Crippen LogP contribution in [0, 0.1) is 5.41 Å². The van der Waals surface area contributed by atoms with Crippen LogP contribution in [0.2, 0.25) is 0 Å². The Bertz CT molecular complexity index is 1090. The van der Waals surface area contributed by atoms with E-state index < -0.39 is 23.9 Å². The van der Waals surface area contributed by atoms with Crippen molar-refractivity contribution < 1.29 is 28.6 Å². The quantitative estimate of drug-likeness (QED) is 0.100. The van der Waals surface area contributed by atoms with Crippen molar-refractivity contribution in [3.63, 3.8) is 0 Å². The first-order valence-electron chi connectivity index (χ1n) is 11.3. The molecule has 0 aromatic heterocycles. The van der Waals surface area contributed by atoms with Crippen LogP contribution >= 0.6 is 11.6 Å². The van der Waals surface area contributed by atoms with E-state index in [-0.39, 0.29) is 47.7 Å². The molecule has 2 rings (SSSR count). The van der Waals surface area contributed by atoms with E-state index in [2.05, 4.69) is 10.6 Å². The highest BCUT2D eigenvalue weighted by Gasteiger charge is 2.30. The molecule has 202 valence electrons. The minimum atomic E-state index is -0.856. The van der Waals surface area contributed by atoms with E-state index in [1.165, 1.54) is 13.8 Å². The Labute approximate surface area is 219 Å². The molecule has 1 aliphatic rings. The van der Waals surface area contributed by atoms with Gasteiger partial charge in [-0.1, -0.05) is 37.1 Å². The van der Waals surface area contributed by atoms with Gasteiger partial charge in [-0.3, -0.25) is 19.8 Å². The lowest BCUT2D eigenvalue weighted by molar-refractivity contribution is -0.158. The average Bonchev–Trinajstić information content (AvgIpc) is 2.82. The summed E-state index contributed by atoms with van der Waals surface area (Å²) in [6, 6.07) is 6.72. The summed E-state index contributed by atoms with van der Waals surface area (Å²) in [6.45, 7) is 4.36. The summed E-state index contributed by atoms with van der Waals surface area (Å²) >= 11 is 6.07. The van der Waals surface area contributed by atoms with Crippen molar-refractivity contribution >= 4 is 35.4 Å². The second kappa shape index (κ2) is 13.3. The van der Waals surface area contributed by atoms with Gasteiger partial charge in [-0.25, -0.2) is 4.90 Å². The zero-order chi connectivity index (χ0) is 27.7. The minimum absolute atomic E-state index is 0.0172. The summed E-state index contributed by atoms with van der Waals surface area (Å²) in [5.41, 5.74) is 18.0. The fourth-order valence-corrected chi connectivity index (χ4v) is 3.57. The zero-order valence-electron chi connectivity index (χ0n) is 20.8. The summed E-state index contributed by atoms with van der Waals surface area (Å²) < 4.78 is 15.7. The first kappa shape index (κ1) is 29.1. The van der Waals surface area contributed by atoms with Gasteiger partial charge in [0, 0.05) is 13.8 Å². The molecule has 1 aromatic rings. The number of rotatable bonds is 11. The van der Waals surface area contributed by atoms with E-state index in [0.717, 1.165) is 16.9 Å². The normalized spacial score (nSPS) is 14.9. The number of primary amides is 1. The molecule has 0 aliphatic carbocycles. The summed E-state index contributed by atoms with van der Waals surface area (Å²) in [5.74, 6) is -1.82. The number of halogens is 1. The molecule has 1 amide bonds. The van der Waals surface area contributed by atoms with Crippen LogP contribution in [-0.2, 0) is 23.9 Å². The monoisotopic (exact) mass is 537 g/mol. The number of nitrogens with zero attached hydrogens (tertiary/aromatic N) is 1. The van der Waals surface area contributed by atoms with Crippen molar-refractivity contribution in [3.8, 4) is 5.75 Å². The molecule has 1 aromatic carbocycles. The zero-order valence-corrected chi connectivity index (χ0v) is 21.6. The molecule has 0 saturated heterocycles. The Morgan fingerprint density at radius 1 is 1.11 bits per heavy atom. The minimum Gasteiger partial charge on any atom is -0.490 e.